The van der Waals surface area contributed by atoms with Crippen molar-refractivity contribution < 1.29 is 18.0 Å². The summed E-state index contributed by atoms with van der Waals surface area (Å²) in [4.78, 5) is 15.9. The first kappa shape index (κ1) is 14.0. The van der Waals surface area contributed by atoms with Crippen molar-refractivity contribution in [1.82, 2.24) is 4.98 Å². The van der Waals surface area contributed by atoms with E-state index >= 15 is 0 Å². The van der Waals surface area contributed by atoms with Gasteiger partial charge in [-0.3, -0.25) is 9.78 Å². The molecule has 2 aromatic rings. The summed E-state index contributed by atoms with van der Waals surface area (Å²) in [5.41, 5.74) is 0.476. The highest BCUT2D eigenvalue weighted by molar-refractivity contribution is 6.04. The first-order valence-electron chi connectivity index (χ1n) is 5.78. The summed E-state index contributed by atoms with van der Waals surface area (Å²) in [6.07, 6.45) is -2.83. The van der Waals surface area contributed by atoms with Crippen LogP contribution in [0.1, 0.15) is 21.6 Å². The van der Waals surface area contributed by atoms with Gasteiger partial charge < -0.3 is 5.32 Å². The Bertz CT molecular complexity index is 621. The lowest BCUT2D eigenvalue weighted by Crippen LogP contribution is -2.14. The highest BCUT2D eigenvalue weighted by atomic mass is 19.4. The van der Waals surface area contributed by atoms with Crippen molar-refractivity contribution in [3.05, 3.63) is 59.4 Å². The number of hydrogen-bond donors (Lipinski definition) is 1. The van der Waals surface area contributed by atoms with Gasteiger partial charge in [-0.1, -0.05) is 0 Å². The molecule has 104 valence electrons. The van der Waals surface area contributed by atoms with Crippen LogP contribution in [0, 0.1) is 6.92 Å². The topological polar surface area (TPSA) is 42.0 Å². The molecule has 0 saturated carbocycles. The lowest BCUT2D eigenvalue weighted by Gasteiger charge is -2.09. The maximum atomic E-state index is 12.4. The van der Waals surface area contributed by atoms with Crippen LogP contribution in [0.25, 0.3) is 0 Å². The zero-order valence-electron chi connectivity index (χ0n) is 10.5. The molecule has 0 aliphatic carbocycles. The highest BCUT2D eigenvalue weighted by Crippen LogP contribution is 2.29. The molecule has 20 heavy (non-hydrogen) atoms. The van der Waals surface area contributed by atoms with Gasteiger partial charge in [0.25, 0.3) is 5.91 Å². The van der Waals surface area contributed by atoms with Crippen LogP contribution < -0.4 is 5.32 Å². The minimum atomic E-state index is -4.39. The summed E-state index contributed by atoms with van der Waals surface area (Å²) in [6, 6.07) is 7.49. The Morgan fingerprint density at radius 1 is 1.15 bits per heavy atom. The fourth-order valence-corrected chi connectivity index (χ4v) is 1.67. The smallest absolute Gasteiger partial charge is 0.322 e. The number of nitrogens with one attached hydrogen (secondary N) is 1. The van der Waals surface area contributed by atoms with E-state index in [0.29, 0.717) is 16.9 Å². The van der Waals surface area contributed by atoms with Crippen molar-refractivity contribution in [2.75, 3.05) is 5.32 Å². The zero-order chi connectivity index (χ0) is 14.8. The van der Waals surface area contributed by atoms with Gasteiger partial charge in [-0.25, -0.2) is 0 Å². The van der Waals surface area contributed by atoms with E-state index in [9.17, 15) is 18.0 Å². The quantitative estimate of drug-likeness (QED) is 0.912. The number of pyridine rings is 1. The Kier molecular flexibility index (Phi) is 3.74. The standard InChI is InChI=1S/C14H11F3N2O/c1-9-12(3-2-8-18-9)13(20)19-11-6-4-10(5-7-11)14(15,16)17/h2-8H,1H3,(H,19,20). The summed E-state index contributed by atoms with van der Waals surface area (Å²) >= 11 is 0. The van der Waals surface area contributed by atoms with Gasteiger partial charge in [-0.15, -0.1) is 0 Å². The van der Waals surface area contributed by atoms with E-state index < -0.39 is 17.6 Å². The molecule has 1 aromatic carbocycles. The Labute approximate surface area is 113 Å². The Balaban J connectivity index is 2.15. The number of benzene rings is 1. The van der Waals surface area contributed by atoms with Crippen LogP contribution in [-0.4, -0.2) is 10.9 Å². The van der Waals surface area contributed by atoms with E-state index in [-0.39, 0.29) is 0 Å². The number of nitrogens with zero attached hydrogens (tertiary/aromatic N) is 1. The van der Waals surface area contributed by atoms with Gasteiger partial charge in [0.2, 0.25) is 0 Å². The summed E-state index contributed by atoms with van der Waals surface area (Å²) < 4.78 is 37.2. The van der Waals surface area contributed by atoms with E-state index in [1.54, 1.807) is 25.3 Å². The third kappa shape index (κ3) is 3.14. The molecule has 0 bridgehead atoms. The number of hydrogen-bond acceptors (Lipinski definition) is 2. The molecule has 1 amide bonds. The minimum absolute atomic E-state index is 0.297. The van der Waals surface area contributed by atoms with Crippen molar-refractivity contribution in [2.24, 2.45) is 0 Å². The van der Waals surface area contributed by atoms with Gasteiger partial charge in [-0.05, 0) is 43.3 Å². The molecule has 0 aliphatic heterocycles. The molecule has 3 nitrogen and oxygen atoms in total. The molecular formula is C14H11F3N2O. The van der Waals surface area contributed by atoms with E-state index in [2.05, 4.69) is 10.3 Å². The lowest BCUT2D eigenvalue weighted by atomic mass is 10.1. The molecule has 0 unspecified atom stereocenters. The second-order valence-corrected chi connectivity index (χ2v) is 4.17. The van der Waals surface area contributed by atoms with Crippen LogP contribution in [0.3, 0.4) is 0 Å². The molecule has 0 radical (unpaired) electrons. The molecule has 1 aromatic heterocycles. The Morgan fingerprint density at radius 2 is 1.80 bits per heavy atom. The van der Waals surface area contributed by atoms with Crippen LogP contribution in [0.15, 0.2) is 42.6 Å². The van der Waals surface area contributed by atoms with Crippen LogP contribution >= 0.6 is 0 Å². The third-order valence-corrected chi connectivity index (χ3v) is 2.72. The molecule has 0 atom stereocenters. The van der Waals surface area contributed by atoms with Crippen molar-refractivity contribution in [2.45, 2.75) is 13.1 Å². The van der Waals surface area contributed by atoms with Gasteiger partial charge >= 0.3 is 6.18 Å². The van der Waals surface area contributed by atoms with Crippen molar-refractivity contribution in [3.8, 4) is 0 Å². The van der Waals surface area contributed by atoms with Crippen LogP contribution in [0.5, 0.6) is 0 Å². The lowest BCUT2D eigenvalue weighted by molar-refractivity contribution is -0.137. The summed E-state index contributed by atoms with van der Waals surface area (Å²) in [5.74, 6) is -0.407. The number of halogens is 3. The average molecular weight is 280 g/mol. The van der Waals surface area contributed by atoms with Crippen LogP contribution in [0.4, 0.5) is 18.9 Å². The Morgan fingerprint density at radius 3 is 2.35 bits per heavy atom. The predicted octanol–water partition coefficient (Wildman–Crippen LogP) is 3.66. The molecule has 2 rings (SSSR count). The summed E-state index contributed by atoms with van der Waals surface area (Å²) in [6.45, 7) is 1.68. The molecule has 0 aliphatic rings. The monoisotopic (exact) mass is 280 g/mol. The zero-order valence-corrected chi connectivity index (χ0v) is 10.5. The fourth-order valence-electron chi connectivity index (χ4n) is 1.67. The normalized spacial score (nSPS) is 11.2. The summed E-state index contributed by atoms with van der Waals surface area (Å²) in [7, 11) is 0. The molecule has 6 heteroatoms. The number of carbonyl (C=O) groups excluding carboxylic acids is 1. The maximum absolute atomic E-state index is 12.4. The largest absolute Gasteiger partial charge is 0.416 e. The predicted molar refractivity (Wildman–Crippen MR) is 68.4 cm³/mol. The van der Waals surface area contributed by atoms with Gasteiger partial charge in [0.05, 0.1) is 11.1 Å². The van der Waals surface area contributed by atoms with Crippen molar-refractivity contribution in [1.29, 1.82) is 0 Å². The number of amides is 1. The molecule has 1 heterocycles. The molecule has 0 spiro atoms. The van der Waals surface area contributed by atoms with Crippen LogP contribution in [0.2, 0.25) is 0 Å². The number of aryl methyl sites for hydroxylation is 1. The second kappa shape index (κ2) is 5.32. The number of carbonyl (C=O) groups is 1. The van der Waals surface area contributed by atoms with Crippen molar-refractivity contribution >= 4 is 11.6 Å². The number of anilines is 1. The number of aromatic nitrogens is 1. The van der Waals surface area contributed by atoms with E-state index in [4.69, 9.17) is 0 Å². The SMILES string of the molecule is Cc1ncccc1C(=O)Nc1ccc(C(F)(F)F)cc1. The van der Waals surface area contributed by atoms with Gasteiger partial charge in [0, 0.05) is 17.6 Å². The third-order valence-electron chi connectivity index (χ3n) is 2.72. The molecule has 1 N–H and O–H groups in total. The van der Waals surface area contributed by atoms with Gasteiger partial charge in [0.15, 0.2) is 0 Å². The van der Waals surface area contributed by atoms with E-state index in [1.165, 1.54) is 12.1 Å². The van der Waals surface area contributed by atoms with Gasteiger partial charge in [-0.2, -0.15) is 13.2 Å². The fraction of sp³-hybridized carbons (Fsp3) is 0.143. The van der Waals surface area contributed by atoms with Gasteiger partial charge in [0.1, 0.15) is 0 Å². The maximum Gasteiger partial charge on any atom is 0.416 e. The second-order valence-electron chi connectivity index (χ2n) is 4.17. The molecule has 0 fully saturated rings. The number of rotatable bonds is 2. The number of alkyl halides is 3. The molecule has 0 saturated heterocycles. The molecular weight excluding hydrogens is 269 g/mol. The minimum Gasteiger partial charge on any atom is -0.322 e. The van der Waals surface area contributed by atoms with Crippen LogP contribution in [-0.2, 0) is 6.18 Å². The van der Waals surface area contributed by atoms with E-state index in [0.717, 1.165) is 12.1 Å². The first-order chi connectivity index (χ1) is 9.38. The Hall–Kier alpha value is -2.37. The van der Waals surface area contributed by atoms with Crippen molar-refractivity contribution in [3.63, 3.8) is 0 Å². The first-order valence-corrected chi connectivity index (χ1v) is 5.78. The summed E-state index contributed by atoms with van der Waals surface area (Å²) in [5, 5.41) is 2.53. The highest BCUT2D eigenvalue weighted by Gasteiger charge is 2.30. The average Bonchev–Trinajstić information content (AvgIpc) is 2.38. The van der Waals surface area contributed by atoms with E-state index in [1.807, 2.05) is 0 Å².